The summed E-state index contributed by atoms with van der Waals surface area (Å²) in [6.45, 7) is 2.09. The quantitative estimate of drug-likeness (QED) is 0.549. The third-order valence-electron chi connectivity index (χ3n) is 3.90. The van der Waals surface area contributed by atoms with Gasteiger partial charge in [-0.2, -0.15) is 5.10 Å². The molecule has 2 heterocycles. The van der Waals surface area contributed by atoms with Crippen LogP contribution in [0.25, 0.3) is 33.3 Å². The first-order chi connectivity index (χ1) is 10.7. The van der Waals surface area contributed by atoms with Crippen molar-refractivity contribution in [2.75, 3.05) is 0 Å². The number of phenols is 1. The Hall–Kier alpha value is -2.59. The Morgan fingerprint density at radius 3 is 2.73 bits per heavy atom. The Labute approximate surface area is 131 Å². The van der Waals surface area contributed by atoms with Gasteiger partial charge in [0.1, 0.15) is 5.75 Å². The highest BCUT2D eigenvalue weighted by atomic mass is 32.1. The summed E-state index contributed by atoms with van der Waals surface area (Å²) < 4.78 is 0. The minimum absolute atomic E-state index is 0.276. The zero-order chi connectivity index (χ0) is 15.1. The first-order valence-corrected chi connectivity index (χ1v) is 7.93. The number of nitrogens with zero attached hydrogens (tertiary/aromatic N) is 1. The van der Waals surface area contributed by atoms with Crippen molar-refractivity contribution in [1.82, 2.24) is 10.2 Å². The summed E-state index contributed by atoms with van der Waals surface area (Å²) in [6.07, 6.45) is 0. The first kappa shape index (κ1) is 13.1. The number of hydrogen-bond acceptors (Lipinski definition) is 3. The van der Waals surface area contributed by atoms with Crippen LogP contribution in [0.3, 0.4) is 0 Å². The molecule has 4 heteroatoms. The predicted molar refractivity (Wildman–Crippen MR) is 91.2 cm³/mol. The maximum absolute atomic E-state index is 10.5. The molecule has 0 fully saturated rings. The lowest BCUT2D eigenvalue weighted by atomic mass is 10.0. The summed E-state index contributed by atoms with van der Waals surface area (Å²) in [4.78, 5) is 1.25. The molecule has 4 rings (SSSR count). The van der Waals surface area contributed by atoms with Crippen LogP contribution in [-0.4, -0.2) is 15.3 Å². The molecule has 0 aliphatic carbocycles. The van der Waals surface area contributed by atoms with Gasteiger partial charge in [0, 0.05) is 21.4 Å². The summed E-state index contributed by atoms with van der Waals surface area (Å²) in [5, 5.41) is 21.9. The van der Waals surface area contributed by atoms with E-state index in [1.807, 2.05) is 42.5 Å². The highest BCUT2D eigenvalue weighted by molar-refractivity contribution is 7.10. The molecule has 22 heavy (non-hydrogen) atoms. The third kappa shape index (κ3) is 2.00. The monoisotopic (exact) mass is 306 g/mol. The van der Waals surface area contributed by atoms with E-state index in [0.717, 1.165) is 33.3 Å². The van der Waals surface area contributed by atoms with E-state index in [-0.39, 0.29) is 5.75 Å². The summed E-state index contributed by atoms with van der Waals surface area (Å²) >= 11 is 1.71. The fourth-order valence-corrected chi connectivity index (χ4v) is 3.44. The number of H-pyrrole nitrogens is 1. The largest absolute Gasteiger partial charge is 0.507 e. The molecule has 0 amide bonds. The van der Waals surface area contributed by atoms with Gasteiger partial charge in [-0.3, -0.25) is 5.10 Å². The van der Waals surface area contributed by atoms with Crippen molar-refractivity contribution in [3.63, 3.8) is 0 Å². The number of phenolic OH excluding ortho intramolecular Hbond substituents is 1. The van der Waals surface area contributed by atoms with E-state index in [4.69, 9.17) is 0 Å². The van der Waals surface area contributed by atoms with Gasteiger partial charge in [0.2, 0.25) is 0 Å². The molecule has 2 aromatic heterocycles. The van der Waals surface area contributed by atoms with Crippen LogP contribution in [0.5, 0.6) is 5.75 Å². The van der Waals surface area contributed by atoms with Gasteiger partial charge in [-0.05, 0) is 35.9 Å². The van der Waals surface area contributed by atoms with Crippen molar-refractivity contribution >= 4 is 22.1 Å². The minimum Gasteiger partial charge on any atom is -0.507 e. The molecule has 0 atom stereocenters. The second-order valence-electron chi connectivity index (χ2n) is 5.24. The molecule has 0 saturated heterocycles. The average Bonchev–Trinajstić information content (AvgIpc) is 3.16. The number of rotatable bonds is 2. The van der Waals surface area contributed by atoms with E-state index in [1.54, 1.807) is 11.3 Å². The second kappa shape index (κ2) is 5.00. The Morgan fingerprint density at radius 2 is 1.91 bits per heavy atom. The average molecular weight is 306 g/mol. The van der Waals surface area contributed by atoms with Gasteiger partial charge >= 0.3 is 0 Å². The molecule has 0 saturated carbocycles. The Bertz CT molecular complexity index is 968. The van der Waals surface area contributed by atoms with Gasteiger partial charge < -0.3 is 5.11 Å². The number of aryl methyl sites for hydroxylation is 1. The lowest BCUT2D eigenvalue weighted by molar-refractivity contribution is 0.483. The van der Waals surface area contributed by atoms with Gasteiger partial charge in [0.05, 0.1) is 11.4 Å². The lowest BCUT2D eigenvalue weighted by Gasteiger charge is -2.05. The number of fused-ring (bicyclic) bond motifs is 1. The SMILES string of the molecule is Cc1sccc1-c1cc(-c2ccc3ccccc3c2O)n[nH]1. The Kier molecular flexibility index (Phi) is 2.98. The van der Waals surface area contributed by atoms with Crippen LogP contribution in [0.4, 0.5) is 0 Å². The molecular formula is C18H14N2OS. The summed E-state index contributed by atoms with van der Waals surface area (Å²) in [5.74, 6) is 0.276. The maximum atomic E-state index is 10.5. The number of aromatic nitrogens is 2. The molecule has 2 N–H and O–H groups in total. The molecule has 0 spiro atoms. The van der Waals surface area contributed by atoms with Crippen LogP contribution in [0, 0.1) is 6.92 Å². The van der Waals surface area contributed by atoms with Gasteiger partial charge in [-0.15, -0.1) is 11.3 Å². The minimum atomic E-state index is 0.276. The van der Waals surface area contributed by atoms with Crippen molar-refractivity contribution in [2.45, 2.75) is 6.92 Å². The van der Waals surface area contributed by atoms with Crippen LogP contribution in [0.15, 0.2) is 53.9 Å². The molecule has 0 radical (unpaired) electrons. The Balaban J connectivity index is 1.85. The fourth-order valence-electron chi connectivity index (χ4n) is 2.72. The molecule has 2 aromatic carbocycles. The smallest absolute Gasteiger partial charge is 0.132 e. The molecule has 0 unspecified atom stereocenters. The first-order valence-electron chi connectivity index (χ1n) is 7.05. The van der Waals surface area contributed by atoms with Crippen LogP contribution in [0.2, 0.25) is 0 Å². The highest BCUT2D eigenvalue weighted by Crippen LogP contribution is 2.36. The maximum Gasteiger partial charge on any atom is 0.132 e. The molecular weight excluding hydrogens is 292 g/mol. The number of aromatic amines is 1. The number of thiophene rings is 1. The van der Waals surface area contributed by atoms with Crippen molar-refractivity contribution < 1.29 is 5.11 Å². The number of benzene rings is 2. The summed E-state index contributed by atoms with van der Waals surface area (Å²) in [7, 11) is 0. The van der Waals surface area contributed by atoms with Crippen molar-refractivity contribution in [3.8, 4) is 28.3 Å². The highest BCUT2D eigenvalue weighted by Gasteiger charge is 2.13. The Morgan fingerprint density at radius 1 is 1.05 bits per heavy atom. The molecule has 4 aromatic rings. The number of hydrogen-bond donors (Lipinski definition) is 2. The van der Waals surface area contributed by atoms with Crippen LogP contribution >= 0.6 is 11.3 Å². The molecule has 0 bridgehead atoms. The van der Waals surface area contributed by atoms with Gasteiger partial charge in [-0.25, -0.2) is 0 Å². The van der Waals surface area contributed by atoms with E-state index in [0.29, 0.717) is 0 Å². The van der Waals surface area contributed by atoms with Crippen LogP contribution in [0.1, 0.15) is 4.88 Å². The summed E-state index contributed by atoms with van der Waals surface area (Å²) in [5.41, 5.74) is 3.63. The van der Waals surface area contributed by atoms with E-state index in [9.17, 15) is 5.11 Å². The number of aromatic hydroxyl groups is 1. The van der Waals surface area contributed by atoms with Crippen LogP contribution in [-0.2, 0) is 0 Å². The van der Waals surface area contributed by atoms with Crippen molar-refractivity contribution in [3.05, 3.63) is 58.8 Å². The van der Waals surface area contributed by atoms with E-state index in [2.05, 4.69) is 28.6 Å². The lowest BCUT2D eigenvalue weighted by Crippen LogP contribution is -1.81. The van der Waals surface area contributed by atoms with E-state index < -0.39 is 0 Å². The molecule has 0 aliphatic rings. The zero-order valence-electron chi connectivity index (χ0n) is 12.0. The van der Waals surface area contributed by atoms with Crippen molar-refractivity contribution in [1.29, 1.82) is 0 Å². The number of nitrogens with one attached hydrogen (secondary N) is 1. The standard InChI is InChI=1S/C18H14N2OS/c1-11-13(8-9-22-11)16-10-17(20-19-16)15-7-6-12-4-2-3-5-14(12)18(15)21/h2-10,21H,1H3,(H,19,20). The van der Waals surface area contributed by atoms with Gasteiger partial charge in [0.15, 0.2) is 0 Å². The molecule has 108 valence electrons. The fraction of sp³-hybridized carbons (Fsp3) is 0.0556. The van der Waals surface area contributed by atoms with Gasteiger partial charge in [-0.1, -0.05) is 30.3 Å². The van der Waals surface area contributed by atoms with Gasteiger partial charge in [0.25, 0.3) is 0 Å². The second-order valence-corrected chi connectivity index (χ2v) is 6.36. The molecule has 3 nitrogen and oxygen atoms in total. The zero-order valence-corrected chi connectivity index (χ0v) is 12.8. The predicted octanol–water partition coefficient (Wildman–Crippen LogP) is 4.97. The topological polar surface area (TPSA) is 48.9 Å². The van der Waals surface area contributed by atoms with Crippen LogP contribution < -0.4 is 0 Å². The summed E-state index contributed by atoms with van der Waals surface area (Å²) in [6, 6.07) is 15.8. The van der Waals surface area contributed by atoms with E-state index in [1.165, 1.54) is 4.88 Å². The molecule has 0 aliphatic heterocycles. The van der Waals surface area contributed by atoms with Crippen molar-refractivity contribution in [2.24, 2.45) is 0 Å². The van der Waals surface area contributed by atoms with E-state index >= 15 is 0 Å². The normalized spacial score (nSPS) is 11.1. The third-order valence-corrected chi connectivity index (χ3v) is 4.75.